The van der Waals surface area contributed by atoms with E-state index >= 15 is 0 Å². The van der Waals surface area contributed by atoms with E-state index in [-0.39, 0.29) is 0 Å². The zero-order valence-electron chi connectivity index (χ0n) is 11.2. The van der Waals surface area contributed by atoms with Gasteiger partial charge in [0.2, 0.25) is 0 Å². The summed E-state index contributed by atoms with van der Waals surface area (Å²) in [7, 11) is 0. The molecule has 0 bridgehead atoms. The van der Waals surface area contributed by atoms with Gasteiger partial charge in [-0.25, -0.2) is 0 Å². The lowest BCUT2D eigenvalue weighted by Gasteiger charge is -2.10. The Morgan fingerprint density at radius 2 is 1.25 bits per heavy atom. The lowest BCUT2D eigenvalue weighted by Crippen LogP contribution is -2.19. The Morgan fingerprint density at radius 3 is 1.81 bits per heavy atom. The first-order valence-electron chi connectivity index (χ1n) is 7.27. The van der Waals surface area contributed by atoms with Gasteiger partial charge < -0.3 is 11.5 Å². The predicted molar refractivity (Wildman–Crippen MR) is 73.5 cm³/mol. The third-order valence-electron chi connectivity index (χ3n) is 3.21. The summed E-state index contributed by atoms with van der Waals surface area (Å²) in [5, 5.41) is 0. The molecule has 1 atom stereocenters. The first-order valence-corrected chi connectivity index (χ1v) is 7.27. The maximum Gasteiger partial charge on any atom is 0.00388 e. The van der Waals surface area contributed by atoms with Gasteiger partial charge in [-0.3, -0.25) is 0 Å². The molecule has 0 aliphatic carbocycles. The molecule has 0 saturated heterocycles. The van der Waals surface area contributed by atoms with Crippen LogP contribution >= 0.6 is 0 Å². The molecule has 16 heavy (non-hydrogen) atoms. The predicted octanol–water partition coefficient (Wildman–Crippen LogP) is 3.58. The lowest BCUT2D eigenvalue weighted by atomic mass is 10.0. The summed E-state index contributed by atoms with van der Waals surface area (Å²) in [6.45, 7) is 3.08. The average molecular weight is 228 g/mol. The minimum Gasteiger partial charge on any atom is -0.330 e. The molecule has 0 saturated carbocycles. The van der Waals surface area contributed by atoms with E-state index in [0.717, 1.165) is 6.54 Å². The Labute approximate surface area is 102 Å². The summed E-state index contributed by atoms with van der Waals surface area (Å²) in [6, 6.07) is 0.456. The molecule has 1 unspecified atom stereocenters. The van der Waals surface area contributed by atoms with Gasteiger partial charge in [-0.2, -0.15) is 0 Å². The molecular formula is C14H32N2. The van der Waals surface area contributed by atoms with Crippen LogP contribution in [-0.2, 0) is 0 Å². The topological polar surface area (TPSA) is 52.0 Å². The molecule has 0 radical (unpaired) electrons. The molecule has 0 aliphatic heterocycles. The van der Waals surface area contributed by atoms with Crippen molar-refractivity contribution in [2.24, 2.45) is 11.5 Å². The SMILES string of the molecule is CCCCC(N)CCCCCCCCCN. The van der Waals surface area contributed by atoms with Crippen LogP contribution < -0.4 is 11.5 Å². The summed E-state index contributed by atoms with van der Waals surface area (Å²) in [6.07, 6.45) is 14.3. The van der Waals surface area contributed by atoms with E-state index < -0.39 is 0 Å². The van der Waals surface area contributed by atoms with Gasteiger partial charge in [0, 0.05) is 6.04 Å². The average Bonchev–Trinajstić information content (AvgIpc) is 2.30. The van der Waals surface area contributed by atoms with Crippen LogP contribution in [0.3, 0.4) is 0 Å². The van der Waals surface area contributed by atoms with E-state index in [4.69, 9.17) is 11.5 Å². The molecular weight excluding hydrogens is 196 g/mol. The number of hydrogen-bond donors (Lipinski definition) is 2. The Kier molecular flexibility index (Phi) is 12.9. The zero-order valence-corrected chi connectivity index (χ0v) is 11.2. The number of nitrogens with two attached hydrogens (primary N) is 2. The van der Waals surface area contributed by atoms with Crippen LogP contribution in [0.15, 0.2) is 0 Å². The Bertz CT molecular complexity index is 126. The summed E-state index contributed by atoms with van der Waals surface area (Å²) < 4.78 is 0. The number of hydrogen-bond acceptors (Lipinski definition) is 2. The fourth-order valence-corrected chi connectivity index (χ4v) is 2.05. The molecule has 2 heteroatoms. The minimum absolute atomic E-state index is 0.456. The Morgan fingerprint density at radius 1 is 0.750 bits per heavy atom. The molecule has 2 nitrogen and oxygen atoms in total. The van der Waals surface area contributed by atoms with Gasteiger partial charge in [0.05, 0.1) is 0 Å². The first kappa shape index (κ1) is 15.9. The van der Waals surface area contributed by atoms with Gasteiger partial charge >= 0.3 is 0 Å². The van der Waals surface area contributed by atoms with E-state index in [1.165, 1.54) is 70.6 Å². The van der Waals surface area contributed by atoms with E-state index in [2.05, 4.69) is 6.92 Å². The van der Waals surface area contributed by atoms with E-state index in [1.807, 2.05) is 0 Å². The maximum atomic E-state index is 6.03. The van der Waals surface area contributed by atoms with Crippen molar-refractivity contribution in [1.82, 2.24) is 0 Å². The highest BCUT2D eigenvalue weighted by Gasteiger charge is 2.00. The van der Waals surface area contributed by atoms with Crippen molar-refractivity contribution < 1.29 is 0 Å². The Balaban J connectivity index is 3.02. The zero-order chi connectivity index (χ0) is 12.1. The van der Waals surface area contributed by atoms with Crippen LogP contribution in [0.2, 0.25) is 0 Å². The van der Waals surface area contributed by atoms with Crippen LogP contribution in [0.5, 0.6) is 0 Å². The van der Waals surface area contributed by atoms with E-state index in [9.17, 15) is 0 Å². The molecule has 0 amide bonds. The molecule has 0 spiro atoms. The highest BCUT2D eigenvalue weighted by molar-refractivity contribution is 4.61. The summed E-state index contributed by atoms with van der Waals surface area (Å²) in [4.78, 5) is 0. The molecule has 0 aromatic rings. The van der Waals surface area contributed by atoms with E-state index in [0.29, 0.717) is 6.04 Å². The summed E-state index contributed by atoms with van der Waals surface area (Å²) >= 11 is 0. The smallest absolute Gasteiger partial charge is 0.00388 e. The van der Waals surface area contributed by atoms with Crippen LogP contribution in [-0.4, -0.2) is 12.6 Å². The highest BCUT2D eigenvalue weighted by atomic mass is 14.6. The lowest BCUT2D eigenvalue weighted by molar-refractivity contribution is 0.496. The fraction of sp³-hybridized carbons (Fsp3) is 1.00. The van der Waals surface area contributed by atoms with Gasteiger partial charge in [0.25, 0.3) is 0 Å². The summed E-state index contributed by atoms with van der Waals surface area (Å²) in [5.74, 6) is 0. The van der Waals surface area contributed by atoms with Crippen molar-refractivity contribution in [3.63, 3.8) is 0 Å². The summed E-state index contributed by atoms with van der Waals surface area (Å²) in [5.41, 5.74) is 11.5. The van der Waals surface area contributed by atoms with Crippen molar-refractivity contribution in [3.05, 3.63) is 0 Å². The van der Waals surface area contributed by atoms with E-state index in [1.54, 1.807) is 0 Å². The standard InChI is InChI=1S/C14H32N2/c1-2-3-11-14(16)12-9-7-5-4-6-8-10-13-15/h14H,2-13,15-16H2,1H3. The quantitative estimate of drug-likeness (QED) is 0.502. The Hall–Kier alpha value is -0.0800. The molecule has 0 aromatic carbocycles. The molecule has 0 aliphatic rings. The maximum absolute atomic E-state index is 6.03. The van der Waals surface area contributed by atoms with Crippen molar-refractivity contribution >= 4 is 0 Å². The molecule has 0 aromatic heterocycles. The van der Waals surface area contributed by atoms with Gasteiger partial charge in [0.15, 0.2) is 0 Å². The second kappa shape index (κ2) is 13.0. The second-order valence-corrected chi connectivity index (χ2v) is 4.95. The van der Waals surface area contributed by atoms with Crippen molar-refractivity contribution in [2.75, 3.05) is 6.54 Å². The van der Waals surface area contributed by atoms with Crippen molar-refractivity contribution in [1.29, 1.82) is 0 Å². The van der Waals surface area contributed by atoms with Gasteiger partial charge in [-0.15, -0.1) is 0 Å². The minimum atomic E-state index is 0.456. The largest absolute Gasteiger partial charge is 0.330 e. The second-order valence-electron chi connectivity index (χ2n) is 4.95. The molecule has 0 fully saturated rings. The molecule has 0 heterocycles. The van der Waals surface area contributed by atoms with Crippen LogP contribution in [0, 0.1) is 0 Å². The van der Waals surface area contributed by atoms with Crippen molar-refractivity contribution in [2.45, 2.75) is 83.6 Å². The van der Waals surface area contributed by atoms with Crippen LogP contribution in [0.4, 0.5) is 0 Å². The fourth-order valence-electron chi connectivity index (χ4n) is 2.05. The van der Waals surface area contributed by atoms with Crippen LogP contribution in [0.25, 0.3) is 0 Å². The van der Waals surface area contributed by atoms with Crippen LogP contribution in [0.1, 0.15) is 77.6 Å². The third-order valence-corrected chi connectivity index (χ3v) is 3.21. The highest BCUT2D eigenvalue weighted by Crippen LogP contribution is 2.11. The van der Waals surface area contributed by atoms with Gasteiger partial charge in [-0.1, -0.05) is 58.3 Å². The monoisotopic (exact) mass is 228 g/mol. The molecule has 0 rings (SSSR count). The number of rotatable bonds is 12. The first-order chi connectivity index (χ1) is 7.81. The molecule has 98 valence electrons. The number of unbranched alkanes of at least 4 members (excludes halogenated alkanes) is 7. The normalized spacial score (nSPS) is 12.9. The van der Waals surface area contributed by atoms with Gasteiger partial charge in [-0.05, 0) is 25.8 Å². The third kappa shape index (κ3) is 12.0. The molecule has 4 N–H and O–H groups in total. The van der Waals surface area contributed by atoms with Crippen molar-refractivity contribution in [3.8, 4) is 0 Å². The van der Waals surface area contributed by atoms with Gasteiger partial charge in [0.1, 0.15) is 0 Å².